The van der Waals surface area contributed by atoms with E-state index < -0.39 is 0 Å². The maximum Gasteiger partial charge on any atom is 0.272 e. The maximum atomic E-state index is 12.4. The van der Waals surface area contributed by atoms with Crippen LogP contribution in [0.2, 0.25) is 0 Å². The largest absolute Gasteiger partial charge is 0.273 e. The third-order valence-corrected chi connectivity index (χ3v) is 8.93. The van der Waals surface area contributed by atoms with Crippen molar-refractivity contribution in [3.63, 3.8) is 0 Å². The number of rotatable bonds is 5. The molecule has 3 nitrogen and oxygen atoms in total. The van der Waals surface area contributed by atoms with Crippen molar-refractivity contribution in [1.29, 1.82) is 0 Å². The number of unbranched alkanes of at least 4 members (excludes halogenated alkanes) is 3. The first kappa shape index (κ1) is 15.5. The molecule has 0 saturated heterocycles. The van der Waals surface area contributed by atoms with Crippen molar-refractivity contribution in [1.82, 2.24) is 4.57 Å². The van der Waals surface area contributed by atoms with Crippen LogP contribution in [0.1, 0.15) is 32.6 Å². The van der Waals surface area contributed by atoms with Crippen LogP contribution in [0.4, 0.5) is 0 Å². The minimum Gasteiger partial charge on any atom is -0.273 e. The van der Waals surface area contributed by atoms with E-state index in [0.717, 1.165) is 36.8 Å². The fraction of sp³-hybridized carbons (Fsp3) is 0.462. The molecule has 8 heteroatoms. The summed E-state index contributed by atoms with van der Waals surface area (Å²) in [5.41, 5.74) is -0.252. The monoisotopic (exact) mass is 375 g/mol. The molecule has 0 saturated carbocycles. The van der Waals surface area contributed by atoms with Gasteiger partial charge in [-0.1, -0.05) is 38.4 Å². The molecular formula is C13H13NO2S5. The Bertz CT molecular complexity index is 931. The summed E-state index contributed by atoms with van der Waals surface area (Å²) >= 11 is 11.1. The quantitative estimate of drug-likeness (QED) is 0.482. The van der Waals surface area contributed by atoms with E-state index in [1.54, 1.807) is 0 Å². The summed E-state index contributed by atoms with van der Waals surface area (Å²) < 4.78 is 5.56. The SMILES string of the molecule is CCCCCCn1c(=O)c2sc3sc(=S)sc3sc=2c1=O. The molecule has 2 aliphatic heterocycles. The summed E-state index contributed by atoms with van der Waals surface area (Å²) in [6.07, 6.45) is 4.25. The third-order valence-electron chi connectivity index (χ3n) is 3.23. The summed E-state index contributed by atoms with van der Waals surface area (Å²) in [7, 11) is 0. The number of nitrogens with zero attached hydrogens (tertiary/aromatic N) is 1. The Morgan fingerprint density at radius 1 is 0.905 bits per heavy atom. The second kappa shape index (κ2) is 6.37. The van der Waals surface area contributed by atoms with E-state index in [4.69, 9.17) is 12.2 Å². The molecule has 21 heavy (non-hydrogen) atoms. The van der Waals surface area contributed by atoms with Crippen LogP contribution in [0.5, 0.6) is 0 Å². The highest BCUT2D eigenvalue weighted by Crippen LogP contribution is 2.34. The predicted molar refractivity (Wildman–Crippen MR) is 96.3 cm³/mol. The molecule has 0 N–H and O–H groups in total. The van der Waals surface area contributed by atoms with Gasteiger partial charge < -0.3 is 0 Å². The molecule has 1 aromatic rings. The molecule has 2 aliphatic rings. The van der Waals surface area contributed by atoms with Gasteiger partial charge in [-0.25, -0.2) is 0 Å². The Hall–Kier alpha value is -0.410. The Balaban J connectivity index is 2.10. The lowest BCUT2D eigenvalue weighted by atomic mass is 10.2. The van der Waals surface area contributed by atoms with Crippen molar-refractivity contribution in [2.75, 3.05) is 0 Å². The Labute approximate surface area is 141 Å². The lowest BCUT2D eigenvalue weighted by Gasteiger charge is -1.99. The van der Waals surface area contributed by atoms with Crippen LogP contribution in [0.3, 0.4) is 0 Å². The number of hydrogen-bond donors (Lipinski definition) is 0. The standard InChI is InChI=1S/C13H13NO2S5/c1-2-3-4-5-6-14-9(15)7-8(10(14)16)19-12-11(18-7)20-13(17)21-12/h2-6H2,1H3. The first-order valence-corrected chi connectivity index (χ1v) is 10.4. The molecule has 0 spiro atoms. The summed E-state index contributed by atoms with van der Waals surface area (Å²) in [5, 5.41) is 0. The van der Waals surface area contributed by atoms with Crippen molar-refractivity contribution in [3.05, 3.63) is 32.9 Å². The number of hydrogen-bond acceptors (Lipinski definition) is 7. The van der Waals surface area contributed by atoms with Crippen molar-refractivity contribution in [2.45, 2.75) is 39.2 Å². The van der Waals surface area contributed by atoms with Gasteiger partial charge in [-0.2, -0.15) is 0 Å². The second-order valence-electron chi connectivity index (χ2n) is 4.71. The van der Waals surface area contributed by atoms with E-state index >= 15 is 0 Å². The number of aromatic nitrogens is 1. The van der Waals surface area contributed by atoms with Gasteiger partial charge in [0, 0.05) is 6.54 Å². The van der Waals surface area contributed by atoms with Crippen LogP contribution < -0.4 is 11.1 Å². The molecule has 0 amide bonds. The van der Waals surface area contributed by atoms with E-state index in [-0.39, 0.29) is 11.1 Å². The smallest absolute Gasteiger partial charge is 0.272 e. The average Bonchev–Trinajstić information content (AvgIpc) is 2.93. The molecule has 0 atom stereocenters. The van der Waals surface area contributed by atoms with Gasteiger partial charge in [0.2, 0.25) is 0 Å². The molecule has 0 radical (unpaired) electrons. The summed E-state index contributed by atoms with van der Waals surface area (Å²) in [6.45, 7) is 2.68. The average molecular weight is 376 g/mol. The first-order valence-electron chi connectivity index (χ1n) is 6.72. The zero-order valence-corrected chi connectivity index (χ0v) is 15.4. The van der Waals surface area contributed by atoms with Crippen LogP contribution in [0.15, 0.2) is 9.59 Å². The summed E-state index contributed by atoms with van der Waals surface area (Å²) in [5.74, 6) is 0. The van der Waals surface area contributed by atoms with Crippen molar-refractivity contribution in [3.8, 4) is 0 Å². The van der Waals surface area contributed by atoms with Crippen LogP contribution in [0.25, 0.3) is 8.03 Å². The van der Waals surface area contributed by atoms with Crippen molar-refractivity contribution >= 4 is 65.6 Å². The van der Waals surface area contributed by atoms with Crippen LogP contribution in [-0.2, 0) is 6.54 Å². The minimum atomic E-state index is -0.126. The Morgan fingerprint density at radius 3 is 2.00 bits per heavy atom. The highest BCUT2D eigenvalue weighted by molar-refractivity contribution is 7.78. The fourth-order valence-electron chi connectivity index (χ4n) is 2.18. The molecule has 3 rings (SSSR count). The molecule has 0 unspecified atom stereocenters. The van der Waals surface area contributed by atoms with Gasteiger partial charge in [-0.3, -0.25) is 14.2 Å². The zero-order valence-electron chi connectivity index (χ0n) is 11.3. The van der Waals surface area contributed by atoms with E-state index in [9.17, 15) is 9.59 Å². The van der Waals surface area contributed by atoms with Crippen LogP contribution in [-0.4, -0.2) is 4.57 Å². The predicted octanol–water partition coefficient (Wildman–Crippen LogP) is 4.64. The van der Waals surface area contributed by atoms with Gasteiger partial charge in [0.25, 0.3) is 11.1 Å². The van der Waals surface area contributed by atoms with E-state index in [2.05, 4.69) is 6.92 Å². The topological polar surface area (TPSA) is 39.1 Å². The van der Waals surface area contributed by atoms with Gasteiger partial charge in [0.1, 0.15) is 20.2 Å². The van der Waals surface area contributed by atoms with Crippen LogP contribution in [0, 0.1) is 12.2 Å². The highest BCUT2D eigenvalue weighted by Gasteiger charge is 2.13. The normalized spacial score (nSPS) is 11.7. The Kier molecular flexibility index (Phi) is 4.70. The van der Waals surface area contributed by atoms with Gasteiger partial charge in [-0.15, -0.1) is 45.3 Å². The van der Waals surface area contributed by atoms with Crippen molar-refractivity contribution in [2.24, 2.45) is 0 Å². The van der Waals surface area contributed by atoms with E-state index in [0.29, 0.717) is 15.6 Å². The minimum absolute atomic E-state index is 0.126. The first-order chi connectivity index (χ1) is 10.1. The summed E-state index contributed by atoms with van der Waals surface area (Å²) in [6, 6.07) is 0. The number of fused-ring (bicyclic) bond motifs is 1. The van der Waals surface area contributed by atoms with Gasteiger partial charge >= 0.3 is 0 Å². The molecule has 0 fully saturated rings. The highest BCUT2D eigenvalue weighted by atomic mass is 32.2. The van der Waals surface area contributed by atoms with Crippen molar-refractivity contribution < 1.29 is 0 Å². The van der Waals surface area contributed by atoms with Gasteiger partial charge in [0.15, 0.2) is 0 Å². The summed E-state index contributed by atoms with van der Waals surface area (Å²) in [4.78, 5) is 24.9. The molecular weight excluding hydrogens is 362 g/mol. The molecule has 3 heterocycles. The Morgan fingerprint density at radius 2 is 1.48 bits per heavy atom. The maximum absolute atomic E-state index is 12.4. The molecule has 0 bridgehead atoms. The molecule has 0 aliphatic carbocycles. The second-order valence-corrected chi connectivity index (χ2v) is 10.5. The molecule has 0 aromatic carbocycles. The van der Waals surface area contributed by atoms with Gasteiger partial charge in [0.05, 0.1) is 0 Å². The molecule has 112 valence electrons. The lowest BCUT2D eigenvalue weighted by molar-refractivity contribution is 0.565. The van der Waals surface area contributed by atoms with Gasteiger partial charge in [-0.05, 0) is 6.42 Å². The fourth-order valence-corrected chi connectivity index (χ4v) is 8.32. The van der Waals surface area contributed by atoms with Crippen LogP contribution >= 0.6 is 57.6 Å². The van der Waals surface area contributed by atoms with E-state index in [1.165, 1.54) is 49.9 Å². The molecule has 1 aromatic heterocycles. The lowest BCUT2D eigenvalue weighted by Crippen LogP contribution is -2.26. The third kappa shape index (κ3) is 2.92. The van der Waals surface area contributed by atoms with E-state index in [1.807, 2.05) is 0 Å². The zero-order chi connectivity index (χ0) is 15.0.